The largest absolute Gasteiger partial charge is 0.392 e. The molecule has 1 aliphatic rings. The van der Waals surface area contributed by atoms with Crippen LogP contribution in [0.15, 0.2) is 76.5 Å². The van der Waals surface area contributed by atoms with Crippen LogP contribution in [0.2, 0.25) is 0 Å². The maximum atomic E-state index is 13.2. The van der Waals surface area contributed by atoms with E-state index >= 15 is 0 Å². The third-order valence-electron chi connectivity index (χ3n) is 5.19. The Bertz CT molecular complexity index is 890. The van der Waals surface area contributed by atoms with E-state index in [4.69, 9.17) is 4.74 Å². The Morgan fingerprint density at radius 3 is 2.30 bits per heavy atom. The van der Waals surface area contributed by atoms with E-state index in [0.29, 0.717) is 19.4 Å². The quantitative estimate of drug-likeness (QED) is 0.840. The number of hydrogen-bond donors (Lipinski definition) is 1. The number of aliphatic hydroxyl groups is 1. The van der Waals surface area contributed by atoms with Gasteiger partial charge in [0, 0.05) is 5.92 Å². The summed E-state index contributed by atoms with van der Waals surface area (Å²) >= 11 is 0. The van der Waals surface area contributed by atoms with Crippen molar-refractivity contribution in [2.75, 3.05) is 0 Å². The topological polar surface area (TPSA) is 63.6 Å². The summed E-state index contributed by atoms with van der Waals surface area (Å²) in [5, 5.41) is 10.5. The summed E-state index contributed by atoms with van der Waals surface area (Å²) in [5.41, 5.74) is 0.260. The van der Waals surface area contributed by atoms with Crippen LogP contribution in [0.25, 0.3) is 0 Å². The van der Waals surface area contributed by atoms with Gasteiger partial charge in [-0.05, 0) is 43.5 Å². The zero-order valence-corrected chi connectivity index (χ0v) is 16.5. The summed E-state index contributed by atoms with van der Waals surface area (Å²) in [4.78, 5) is 0.469. The molecule has 0 spiro atoms. The average molecular weight is 387 g/mol. The second-order valence-corrected chi connectivity index (χ2v) is 9.29. The van der Waals surface area contributed by atoms with Crippen LogP contribution in [0, 0.1) is 5.92 Å². The predicted octanol–water partition coefficient (Wildman–Crippen LogP) is 4.11. The van der Waals surface area contributed by atoms with Crippen molar-refractivity contribution in [2.24, 2.45) is 5.92 Å². The van der Waals surface area contributed by atoms with Crippen LogP contribution in [-0.2, 0) is 21.2 Å². The lowest BCUT2D eigenvalue weighted by molar-refractivity contribution is -0.0193. The van der Waals surface area contributed by atoms with Gasteiger partial charge in [0.05, 0.1) is 28.1 Å². The van der Waals surface area contributed by atoms with Crippen molar-refractivity contribution < 1.29 is 18.3 Å². The molecule has 0 saturated heterocycles. The number of sulfone groups is 1. The Kier molecular flexibility index (Phi) is 5.84. The normalized spacial score (nSPS) is 26.3. The van der Waals surface area contributed by atoms with E-state index in [1.165, 1.54) is 0 Å². The highest BCUT2D eigenvalue weighted by Crippen LogP contribution is 2.37. The minimum Gasteiger partial charge on any atom is -0.392 e. The van der Waals surface area contributed by atoms with Crippen molar-refractivity contribution in [1.82, 2.24) is 0 Å². The van der Waals surface area contributed by atoms with Gasteiger partial charge < -0.3 is 9.84 Å². The molecule has 5 heteroatoms. The summed E-state index contributed by atoms with van der Waals surface area (Å²) < 4.78 is 32.6. The first kappa shape index (κ1) is 19.8. The number of ether oxygens (including phenoxy) is 1. The number of benzene rings is 2. The fourth-order valence-electron chi connectivity index (χ4n) is 3.37. The first-order chi connectivity index (χ1) is 12.8. The van der Waals surface area contributed by atoms with E-state index in [1.807, 2.05) is 37.3 Å². The lowest BCUT2D eigenvalue weighted by Crippen LogP contribution is -2.27. The molecule has 0 aromatic heterocycles. The highest BCUT2D eigenvalue weighted by Gasteiger charge is 2.37. The lowest BCUT2D eigenvalue weighted by Gasteiger charge is -2.26. The van der Waals surface area contributed by atoms with Crippen molar-refractivity contribution in [1.29, 1.82) is 0 Å². The molecule has 3 atom stereocenters. The highest BCUT2D eigenvalue weighted by molar-refractivity contribution is 7.95. The molecular formula is C22H26O4S. The molecule has 3 rings (SSSR count). The molecule has 4 nitrogen and oxygen atoms in total. The van der Waals surface area contributed by atoms with Crippen LogP contribution in [0.1, 0.15) is 32.3 Å². The van der Waals surface area contributed by atoms with Gasteiger partial charge in [-0.2, -0.15) is 0 Å². The molecular weight excluding hydrogens is 360 g/mol. The SMILES string of the molecule is C[C@H]1C(S(=O)(=O)c2ccccc2)=C[C@](C)(OCc2ccccc2)CC[C@H]1O. The predicted molar refractivity (Wildman–Crippen MR) is 106 cm³/mol. The molecule has 0 aliphatic heterocycles. The molecule has 0 radical (unpaired) electrons. The fraction of sp³-hybridized carbons (Fsp3) is 0.364. The van der Waals surface area contributed by atoms with E-state index < -0.39 is 27.5 Å². The molecule has 27 heavy (non-hydrogen) atoms. The number of rotatable bonds is 5. The van der Waals surface area contributed by atoms with Crippen LogP contribution in [0.4, 0.5) is 0 Å². The van der Waals surface area contributed by atoms with Crippen molar-refractivity contribution >= 4 is 9.84 Å². The minimum atomic E-state index is -3.70. The van der Waals surface area contributed by atoms with Gasteiger partial charge in [0.25, 0.3) is 0 Å². The second-order valence-electron chi connectivity index (χ2n) is 7.34. The maximum absolute atomic E-state index is 13.2. The fourth-order valence-corrected chi connectivity index (χ4v) is 5.21. The summed E-state index contributed by atoms with van der Waals surface area (Å²) in [7, 11) is -3.70. The monoisotopic (exact) mass is 386 g/mol. The van der Waals surface area contributed by atoms with Crippen LogP contribution < -0.4 is 0 Å². The van der Waals surface area contributed by atoms with E-state index in [2.05, 4.69) is 0 Å². The summed E-state index contributed by atoms with van der Waals surface area (Å²) in [6.07, 6.45) is 2.02. The molecule has 0 fully saturated rings. The lowest BCUT2D eigenvalue weighted by atomic mass is 9.99. The molecule has 0 saturated carbocycles. The average Bonchev–Trinajstić information content (AvgIpc) is 2.80. The number of hydrogen-bond acceptors (Lipinski definition) is 4. The zero-order chi connectivity index (χ0) is 19.5. The van der Waals surface area contributed by atoms with Crippen molar-refractivity contribution in [3.63, 3.8) is 0 Å². The molecule has 1 N–H and O–H groups in total. The van der Waals surface area contributed by atoms with Crippen LogP contribution in [-0.4, -0.2) is 25.2 Å². The van der Waals surface area contributed by atoms with Gasteiger partial charge in [-0.3, -0.25) is 0 Å². The standard InChI is InChI=1S/C22H26O4S/c1-17-20(23)13-14-22(2,26-16-18-9-5-3-6-10-18)15-21(17)27(24,25)19-11-7-4-8-12-19/h3-12,15,17,20,23H,13-14,16H2,1-2H3/t17-,20-,22-/m1/s1. The molecule has 0 amide bonds. The molecule has 0 unspecified atom stereocenters. The van der Waals surface area contributed by atoms with Crippen LogP contribution >= 0.6 is 0 Å². The zero-order valence-electron chi connectivity index (χ0n) is 15.7. The van der Waals surface area contributed by atoms with Gasteiger partial charge in [-0.1, -0.05) is 55.5 Å². The molecule has 144 valence electrons. The maximum Gasteiger partial charge on any atom is 0.202 e. The molecule has 0 heterocycles. The summed E-state index contributed by atoms with van der Waals surface area (Å²) in [6, 6.07) is 18.1. The van der Waals surface area contributed by atoms with E-state index in [-0.39, 0.29) is 9.80 Å². The first-order valence-corrected chi connectivity index (χ1v) is 10.7. The van der Waals surface area contributed by atoms with Gasteiger partial charge in [0.1, 0.15) is 0 Å². The van der Waals surface area contributed by atoms with Gasteiger partial charge >= 0.3 is 0 Å². The Morgan fingerprint density at radius 1 is 1.07 bits per heavy atom. The molecule has 1 aliphatic carbocycles. The van der Waals surface area contributed by atoms with Gasteiger partial charge in [-0.25, -0.2) is 8.42 Å². The third-order valence-corrected chi connectivity index (χ3v) is 7.19. The summed E-state index contributed by atoms with van der Waals surface area (Å²) in [6.45, 7) is 4.04. The Balaban J connectivity index is 1.95. The summed E-state index contributed by atoms with van der Waals surface area (Å²) in [5.74, 6) is -0.489. The molecule has 0 bridgehead atoms. The van der Waals surface area contributed by atoms with Crippen molar-refractivity contribution in [3.05, 3.63) is 77.2 Å². The van der Waals surface area contributed by atoms with Crippen molar-refractivity contribution in [3.8, 4) is 0 Å². The van der Waals surface area contributed by atoms with E-state index in [0.717, 1.165) is 5.56 Å². The third kappa shape index (κ3) is 4.49. The number of aliphatic hydroxyl groups excluding tert-OH is 1. The van der Waals surface area contributed by atoms with E-state index in [1.54, 1.807) is 43.3 Å². The highest BCUT2D eigenvalue weighted by atomic mass is 32.2. The molecule has 2 aromatic rings. The van der Waals surface area contributed by atoms with Gasteiger partial charge in [-0.15, -0.1) is 0 Å². The van der Waals surface area contributed by atoms with Crippen LogP contribution in [0.5, 0.6) is 0 Å². The van der Waals surface area contributed by atoms with Gasteiger partial charge in [0.2, 0.25) is 9.84 Å². The Labute approximate surface area is 161 Å². The van der Waals surface area contributed by atoms with E-state index in [9.17, 15) is 13.5 Å². The first-order valence-electron chi connectivity index (χ1n) is 9.21. The van der Waals surface area contributed by atoms with Gasteiger partial charge in [0.15, 0.2) is 0 Å². The van der Waals surface area contributed by atoms with Crippen molar-refractivity contribution in [2.45, 2.75) is 49.9 Å². The smallest absolute Gasteiger partial charge is 0.202 e. The Morgan fingerprint density at radius 2 is 1.67 bits per heavy atom. The molecule has 2 aromatic carbocycles. The second kappa shape index (κ2) is 7.97. The minimum absolute atomic E-state index is 0.231. The van der Waals surface area contributed by atoms with Crippen LogP contribution in [0.3, 0.4) is 0 Å². The Hall–Kier alpha value is -1.95.